The van der Waals surface area contributed by atoms with Gasteiger partial charge in [0, 0.05) is 0 Å². The van der Waals surface area contributed by atoms with Crippen molar-refractivity contribution in [3.8, 4) is 0 Å². The van der Waals surface area contributed by atoms with Crippen LogP contribution in [0.25, 0.3) is 0 Å². The zero-order valence-corrected chi connectivity index (χ0v) is 6.09. The molecular formula is C7H10O3. The molecule has 56 valence electrons. The molecule has 1 atom stereocenters. The van der Waals surface area contributed by atoms with Gasteiger partial charge in [-0.1, -0.05) is 0 Å². The molecule has 1 aliphatic heterocycles. The Morgan fingerprint density at radius 2 is 2.50 bits per heavy atom. The van der Waals surface area contributed by atoms with Gasteiger partial charge in [-0.25, -0.2) is 0 Å². The van der Waals surface area contributed by atoms with E-state index in [1.165, 1.54) is 6.08 Å². The largest absolute Gasteiger partial charge is 0.466 e. The van der Waals surface area contributed by atoms with E-state index in [-0.39, 0.29) is 11.9 Å². The highest BCUT2D eigenvalue weighted by atomic mass is 16.7. The third-order valence-corrected chi connectivity index (χ3v) is 1.24. The summed E-state index contributed by atoms with van der Waals surface area (Å²) < 4.78 is 9.96. The molecule has 1 aliphatic rings. The quantitative estimate of drug-likeness (QED) is 0.573. The van der Waals surface area contributed by atoms with E-state index in [0.29, 0.717) is 12.6 Å². The molecule has 10 heavy (non-hydrogen) atoms. The van der Waals surface area contributed by atoms with E-state index < -0.39 is 0 Å². The van der Waals surface area contributed by atoms with Gasteiger partial charge < -0.3 is 9.47 Å². The standard InChI is InChI=1S/C7H10O3/c1-3-9-7-4-6(8)5(2)10-7/h4-5H,3H2,1-2H3. The van der Waals surface area contributed by atoms with Crippen molar-refractivity contribution in [1.29, 1.82) is 0 Å². The predicted molar refractivity (Wildman–Crippen MR) is 35.3 cm³/mol. The zero-order chi connectivity index (χ0) is 7.56. The Morgan fingerprint density at radius 3 is 2.90 bits per heavy atom. The molecule has 0 bridgehead atoms. The molecule has 3 heteroatoms. The van der Waals surface area contributed by atoms with Crippen molar-refractivity contribution in [2.45, 2.75) is 20.0 Å². The summed E-state index contributed by atoms with van der Waals surface area (Å²) in [6, 6.07) is 0. The van der Waals surface area contributed by atoms with E-state index in [9.17, 15) is 4.79 Å². The molecule has 1 heterocycles. The van der Waals surface area contributed by atoms with Gasteiger partial charge >= 0.3 is 0 Å². The maximum atomic E-state index is 10.8. The van der Waals surface area contributed by atoms with Crippen molar-refractivity contribution in [1.82, 2.24) is 0 Å². The molecule has 0 N–H and O–H groups in total. The van der Waals surface area contributed by atoms with E-state index in [4.69, 9.17) is 9.47 Å². The smallest absolute Gasteiger partial charge is 0.283 e. The molecular weight excluding hydrogens is 132 g/mol. The first kappa shape index (κ1) is 7.12. The minimum atomic E-state index is -0.360. The van der Waals surface area contributed by atoms with E-state index >= 15 is 0 Å². The fraction of sp³-hybridized carbons (Fsp3) is 0.571. The van der Waals surface area contributed by atoms with Gasteiger partial charge in [0.1, 0.15) is 0 Å². The van der Waals surface area contributed by atoms with Crippen molar-refractivity contribution >= 4 is 5.78 Å². The number of ketones is 1. The Labute approximate surface area is 59.6 Å². The Bertz CT molecular complexity index is 172. The molecule has 0 aromatic rings. The van der Waals surface area contributed by atoms with Crippen LogP contribution >= 0.6 is 0 Å². The first-order valence-electron chi connectivity index (χ1n) is 3.29. The van der Waals surface area contributed by atoms with Crippen LogP contribution in [0.5, 0.6) is 0 Å². The first-order chi connectivity index (χ1) is 4.74. The van der Waals surface area contributed by atoms with E-state index in [1.54, 1.807) is 6.92 Å². The number of rotatable bonds is 2. The van der Waals surface area contributed by atoms with Crippen molar-refractivity contribution in [2.24, 2.45) is 0 Å². The lowest BCUT2D eigenvalue weighted by atomic mass is 10.3. The van der Waals surface area contributed by atoms with Crippen LogP contribution in [0.15, 0.2) is 12.0 Å². The van der Waals surface area contributed by atoms with Crippen LogP contribution in [-0.2, 0) is 14.3 Å². The van der Waals surface area contributed by atoms with Crippen LogP contribution in [0.2, 0.25) is 0 Å². The van der Waals surface area contributed by atoms with Gasteiger partial charge in [0.2, 0.25) is 5.78 Å². The Morgan fingerprint density at radius 1 is 1.80 bits per heavy atom. The van der Waals surface area contributed by atoms with Gasteiger partial charge in [-0.15, -0.1) is 0 Å². The lowest BCUT2D eigenvalue weighted by molar-refractivity contribution is -0.121. The summed E-state index contributed by atoms with van der Waals surface area (Å²) in [4.78, 5) is 10.8. The third-order valence-electron chi connectivity index (χ3n) is 1.24. The number of hydrogen-bond acceptors (Lipinski definition) is 3. The zero-order valence-electron chi connectivity index (χ0n) is 6.09. The highest BCUT2D eigenvalue weighted by Gasteiger charge is 2.22. The highest BCUT2D eigenvalue weighted by Crippen LogP contribution is 2.13. The minimum absolute atomic E-state index is 0.0246. The second-order valence-corrected chi connectivity index (χ2v) is 2.06. The number of hydrogen-bond donors (Lipinski definition) is 0. The van der Waals surface area contributed by atoms with Crippen LogP contribution < -0.4 is 0 Å². The summed E-state index contributed by atoms with van der Waals surface area (Å²) >= 11 is 0. The van der Waals surface area contributed by atoms with Crippen molar-refractivity contribution < 1.29 is 14.3 Å². The molecule has 0 spiro atoms. The summed E-state index contributed by atoms with van der Waals surface area (Å²) in [5.41, 5.74) is 0. The Hall–Kier alpha value is -0.990. The average Bonchev–Trinajstić information content (AvgIpc) is 2.14. The van der Waals surface area contributed by atoms with E-state index in [1.807, 2.05) is 6.92 Å². The summed E-state index contributed by atoms with van der Waals surface area (Å²) in [6.45, 7) is 4.08. The summed E-state index contributed by atoms with van der Waals surface area (Å²) in [6.07, 6.45) is 1.02. The van der Waals surface area contributed by atoms with Crippen LogP contribution in [0.1, 0.15) is 13.8 Å². The maximum Gasteiger partial charge on any atom is 0.283 e. The minimum Gasteiger partial charge on any atom is -0.466 e. The molecule has 3 nitrogen and oxygen atoms in total. The third kappa shape index (κ3) is 1.29. The van der Waals surface area contributed by atoms with E-state index in [0.717, 1.165) is 0 Å². The number of ether oxygens (including phenoxy) is 2. The van der Waals surface area contributed by atoms with Crippen molar-refractivity contribution in [3.05, 3.63) is 12.0 Å². The van der Waals surface area contributed by atoms with Crippen LogP contribution in [-0.4, -0.2) is 18.5 Å². The SMILES string of the molecule is CCOC1=CC(=O)C(C)O1. The van der Waals surface area contributed by atoms with Crippen molar-refractivity contribution in [3.63, 3.8) is 0 Å². The normalized spacial score (nSPS) is 24.0. The van der Waals surface area contributed by atoms with E-state index in [2.05, 4.69) is 0 Å². The molecule has 0 aromatic carbocycles. The monoisotopic (exact) mass is 142 g/mol. The van der Waals surface area contributed by atoms with Crippen molar-refractivity contribution in [2.75, 3.05) is 6.61 Å². The molecule has 0 aliphatic carbocycles. The van der Waals surface area contributed by atoms with Gasteiger partial charge in [0.05, 0.1) is 12.7 Å². The molecule has 0 aromatic heterocycles. The lowest BCUT2D eigenvalue weighted by Crippen LogP contribution is -2.10. The fourth-order valence-electron chi connectivity index (χ4n) is 0.718. The summed E-state index contributed by atoms with van der Waals surface area (Å²) in [5, 5.41) is 0. The second-order valence-electron chi connectivity index (χ2n) is 2.06. The number of carbonyl (C=O) groups is 1. The van der Waals surface area contributed by atoms with Gasteiger partial charge in [0.25, 0.3) is 5.95 Å². The summed E-state index contributed by atoms with van der Waals surface area (Å²) in [7, 11) is 0. The molecule has 0 saturated carbocycles. The molecule has 0 saturated heterocycles. The molecule has 0 radical (unpaired) electrons. The van der Waals surface area contributed by atoms with Gasteiger partial charge in [0.15, 0.2) is 6.10 Å². The van der Waals surface area contributed by atoms with Crippen LogP contribution in [0.3, 0.4) is 0 Å². The maximum absolute atomic E-state index is 10.8. The molecule has 1 unspecified atom stereocenters. The van der Waals surface area contributed by atoms with Gasteiger partial charge in [-0.3, -0.25) is 4.79 Å². The second kappa shape index (κ2) is 2.73. The average molecular weight is 142 g/mol. The summed E-state index contributed by atoms with van der Waals surface area (Å²) in [5.74, 6) is 0.323. The molecule has 1 rings (SSSR count). The predicted octanol–water partition coefficient (Wildman–Crippen LogP) is 0.852. The van der Waals surface area contributed by atoms with Gasteiger partial charge in [-0.2, -0.15) is 0 Å². The van der Waals surface area contributed by atoms with Crippen LogP contribution in [0.4, 0.5) is 0 Å². The fourth-order valence-corrected chi connectivity index (χ4v) is 0.718. The molecule has 0 fully saturated rings. The number of carbonyl (C=O) groups excluding carboxylic acids is 1. The molecule has 0 amide bonds. The van der Waals surface area contributed by atoms with Crippen LogP contribution in [0, 0.1) is 0 Å². The van der Waals surface area contributed by atoms with Gasteiger partial charge in [-0.05, 0) is 13.8 Å². The lowest BCUT2D eigenvalue weighted by Gasteiger charge is -2.05. The Kier molecular flexibility index (Phi) is 1.94. The highest BCUT2D eigenvalue weighted by molar-refractivity contribution is 5.95. The first-order valence-corrected chi connectivity index (χ1v) is 3.29. The Balaban J connectivity index is 2.50. The topological polar surface area (TPSA) is 35.5 Å².